The molecule has 1 saturated carbocycles. The normalized spacial score (nSPS) is 22.5. The smallest absolute Gasteiger partial charge is 0.323 e. The summed E-state index contributed by atoms with van der Waals surface area (Å²) in [5, 5.41) is 16.2. The highest BCUT2D eigenvalue weighted by Gasteiger charge is 2.40. The number of carbonyl (C=O) groups is 4. The molecular formula is C44H45F2N13O4. The molecule has 5 amide bonds. The Kier molecular flexibility index (Phi) is 10.3. The monoisotopic (exact) mass is 857 g/mol. The standard InChI is InChI=1S/C44H45F2N13O4/c1-26-25-56(42(62)32-16-29-20-52-58(38(29)50-19-32)34-4-5-37(49-24-34)57-13-9-48-43(57)63)10-6-36(26)27-2-3-28(14-27)40(60)54-33-17-35(23-47-22-33)59-39-30(21-53-59)15-31(18-51-39)41(61)55-11-7-44(45,46)8-12-55/h4-5,15-24,26-28,36H,2-3,6-14,25H2,1H3,(H,48,63)(H,54,60)/t26-,27?,28?,36?/m1/s1. The summed E-state index contributed by atoms with van der Waals surface area (Å²) in [6.07, 6.45) is 13.8. The summed E-state index contributed by atoms with van der Waals surface area (Å²) in [4.78, 5) is 75.3. The van der Waals surface area contributed by atoms with Crippen molar-refractivity contribution in [2.75, 3.05) is 49.5 Å². The van der Waals surface area contributed by atoms with Gasteiger partial charge in [0.25, 0.3) is 17.7 Å². The molecule has 3 aliphatic heterocycles. The largest absolute Gasteiger partial charge is 0.338 e. The molecule has 19 heteroatoms. The molecule has 3 saturated heterocycles. The van der Waals surface area contributed by atoms with Crippen LogP contribution in [-0.4, -0.2) is 118 Å². The summed E-state index contributed by atoms with van der Waals surface area (Å²) in [5.41, 5.74) is 3.68. The Labute approximate surface area is 359 Å². The molecule has 17 nitrogen and oxygen atoms in total. The predicted molar refractivity (Wildman–Crippen MR) is 227 cm³/mol. The molecule has 0 spiro atoms. The Balaban J connectivity index is 0.733. The summed E-state index contributed by atoms with van der Waals surface area (Å²) in [6, 6.07) is 8.71. The molecule has 2 N–H and O–H groups in total. The van der Waals surface area contributed by atoms with Crippen molar-refractivity contribution in [1.82, 2.24) is 54.6 Å². The Hall–Kier alpha value is -6.92. The van der Waals surface area contributed by atoms with Crippen molar-refractivity contribution < 1.29 is 28.0 Å². The highest BCUT2D eigenvalue weighted by atomic mass is 19.3. The Morgan fingerprint density at radius 3 is 2.11 bits per heavy atom. The van der Waals surface area contributed by atoms with Crippen LogP contribution in [0, 0.1) is 23.7 Å². The second-order valence-corrected chi connectivity index (χ2v) is 17.2. The van der Waals surface area contributed by atoms with Gasteiger partial charge in [-0.05, 0) is 73.8 Å². The molecule has 0 bridgehead atoms. The highest BCUT2D eigenvalue weighted by Crippen LogP contribution is 2.43. The van der Waals surface area contributed by atoms with Crippen LogP contribution in [0.5, 0.6) is 0 Å². The van der Waals surface area contributed by atoms with Crippen LogP contribution in [0.4, 0.5) is 25.1 Å². The van der Waals surface area contributed by atoms with Gasteiger partial charge in [-0.2, -0.15) is 10.2 Å². The molecule has 4 aliphatic rings. The zero-order chi connectivity index (χ0) is 43.4. The molecule has 324 valence electrons. The van der Waals surface area contributed by atoms with Crippen LogP contribution in [0.1, 0.15) is 66.2 Å². The minimum atomic E-state index is -2.75. The zero-order valence-electron chi connectivity index (χ0n) is 34.5. The number of pyridine rings is 4. The maximum absolute atomic E-state index is 13.8. The van der Waals surface area contributed by atoms with Crippen LogP contribution in [0.3, 0.4) is 0 Å². The summed E-state index contributed by atoms with van der Waals surface area (Å²) in [7, 11) is 0. The van der Waals surface area contributed by atoms with Crippen molar-refractivity contribution in [3.8, 4) is 11.4 Å². The van der Waals surface area contributed by atoms with Crippen molar-refractivity contribution >= 4 is 57.3 Å². The molecule has 0 aromatic carbocycles. The topological polar surface area (TPSA) is 189 Å². The summed E-state index contributed by atoms with van der Waals surface area (Å²) >= 11 is 0. The average Bonchev–Trinajstić information content (AvgIpc) is 4.13. The number of aromatic nitrogens is 8. The van der Waals surface area contributed by atoms with E-state index in [9.17, 15) is 28.0 Å². The second-order valence-electron chi connectivity index (χ2n) is 17.2. The van der Waals surface area contributed by atoms with Gasteiger partial charge in [-0.1, -0.05) is 6.92 Å². The number of alkyl halides is 2. The lowest BCUT2D eigenvalue weighted by Gasteiger charge is -2.40. The van der Waals surface area contributed by atoms with Crippen LogP contribution in [0.2, 0.25) is 0 Å². The minimum Gasteiger partial charge on any atom is -0.338 e. The van der Waals surface area contributed by atoms with Gasteiger partial charge in [-0.3, -0.25) is 24.3 Å². The maximum atomic E-state index is 13.8. The Bertz CT molecular complexity index is 2750. The zero-order valence-corrected chi connectivity index (χ0v) is 34.5. The van der Waals surface area contributed by atoms with Gasteiger partial charge in [0.05, 0.1) is 59.2 Å². The SMILES string of the molecule is C[C@@H]1CN(C(=O)c2cnc3c(cnn3-c3ccc(N4CCNC4=O)nc3)c2)CCC1C1CCC(C(=O)Nc2cncc(-n3ncc4cc(C(=O)N5CCC(F)(F)CC5)cnc43)c2)C1. The van der Waals surface area contributed by atoms with Gasteiger partial charge in [0, 0.05) is 81.2 Å². The van der Waals surface area contributed by atoms with E-state index in [1.54, 1.807) is 69.6 Å². The van der Waals surface area contributed by atoms with E-state index < -0.39 is 5.92 Å². The molecule has 6 aromatic rings. The van der Waals surface area contributed by atoms with Crippen LogP contribution < -0.4 is 15.5 Å². The van der Waals surface area contributed by atoms with Crippen LogP contribution >= 0.6 is 0 Å². The quantitative estimate of drug-likeness (QED) is 0.198. The first-order chi connectivity index (χ1) is 30.5. The minimum absolute atomic E-state index is 0.0105. The summed E-state index contributed by atoms with van der Waals surface area (Å²) in [6.45, 7) is 4.55. The number of nitrogens with zero attached hydrogens (tertiary/aromatic N) is 11. The van der Waals surface area contributed by atoms with E-state index in [1.165, 1.54) is 11.1 Å². The van der Waals surface area contributed by atoms with E-state index in [4.69, 9.17) is 0 Å². The molecule has 10 rings (SSSR count). The van der Waals surface area contributed by atoms with E-state index in [-0.39, 0.29) is 61.5 Å². The number of fused-ring (bicyclic) bond motifs is 2. The lowest BCUT2D eigenvalue weighted by atomic mass is 9.76. The number of urea groups is 1. The van der Waals surface area contributed by atoms with E-state index in [0.717, 1.165) is 31.1 Å². The third-order valence-electron chi connectivity index (χ3n) is 13.1. The van der Waals surface area contributed by atoms with Gasteiger partial charge in [0.15, 0.2) is 11.3 Å². The third kappa shape index (κ3) is 7.80. The highest BCUT2D eigenvalue weighted by molar-refractivity contribution is 5.98. The van der Waals surface area contributed by atoms with Crippen molar-refractivity contribution in [2.45, 2.75) is 51.4 Å². The number of hydrogen-bond acceptors (Lipinski definition) is 10. The fourth-order valence-electron chi connectivity index (χ4n) is 9.76. The van der Waals surface area contributed by atoms with E-state index in [2.05, 4.69) is 47.7 Å². The number of amides is 5. The Morgan fingerprint density at radius 1 is 0.762 bits per heavy atom. The van der Waals surface area contributed by atoms with Crippen molar-refractivity contribution in [3.63, 3.8) is 0 Å². The van der Waals surface area contributed by atoms with Gasteiger partial charge in [0.1, 0.15) is 5.82 Å². The predicted octanol–water partition coefficient (Wildman–Crippen LogP) is 5.50. The second kappa shape index (κ2) is 16.1. The molecule has 1 aliphatic carbocycles. The van der Waals surface area contributed by atoms with E-state index >= 15 is 0 Å². The van der Waals surface area contributed by atoms with Gasteiger partial charge in [-0.25, -0.2) is 37.9 Å². The Morgan fingerprint density at radius 2 is 1.46 bits per heavy atom. The van der Waals surface area contributed by atoms with Gasteiger partial charge >= 0.3 is 6.03 Å². The van der Waals surface area contributed by atoms with Crippen LogP contribution in [0.15, 0.2) is 73.7 Å². The molecular weight excluding hydrogens is 813 g/mol. The van der Waals surface area contributed by atoms with E-state index in [0.29, 0.717) is 88.7 Å². The average molecular weight is 858 g/mol. The molecule has 4 fully saturated rings. The molecule has 6 aromatic heterocycles. The number of hydrogen-bond donors (Lipinski definition) is 2. The van der Waals surface area contributed by atoms with Crippen LogP contribution in [-0.2, 0) is 4.79 Å². The number of nitrogens with one attached hydrogen (secondary N) is 2. The number of anilines is 2. The first-order valence-corrected chi connectivity index (χ1v) is 21.4. The van der Waals surface area contributed by atoms with Crippen molar-refractivity contribution in [2.24, 2.45) is 23.7 Å². The fraction of sp³-hybridized carbons (Fsp3) is 0.409. The first kappa shape index (κ1) is 40.2. The molecule has 3 unspecified atom stereocenters. The van der Waals surface area contributed by atoms with Gasteiger partial charge in [0.2, 0.25) is 5.91 Å². The lowest BCUT2D eigenvalue weighted by Crippen LogP contribution is -2.44. The van der Waals surface area contributed by atoms with E-state index in [1.807, 2.05) is 17.0 Å². The fourth-order valence-corrected chi connectivity index (χ4v) is 9.76. The van der Waals surface area contributed by atoms with Gasteiger partial charge in [-0.15, -0.1) is 0 Å². The van der Waals surface area contributed by atoms with Crippen molar-refractivity contribution in [3.05, 3.63) is 84.8 Å². The third-order valence-corrected chi connectivity index (χ3v) is 13.1. The number of rotatable bonds is 8. The summed E-state index contributed by atoms with van der Waals surface area (Å²) in [5.74, 6) is -1.81. The number of piperidine rings is 2. The van der Waals surface area contributed by atoms with Gasteiger partial charge < -0.3 is 20.4 Å². The number of carbonyl (C=O) groups excluding carboxylic acids is 4. The summed E-state index contributed by atoms with van der Waals surface area (Å²) < 4.78 is 30.5. The number of halogens is 2. The molecule has 0 radical (unpaired) electrons. The molecule has 9 heterocycles. The maximum Gasteiger partial charge on any atom is 0.323 e. The number of likely N-dealkylation sites (tertiary alicyclic amines) is 2. The molecule has 63 heavy (non-hydrogen) atoms. The molecule has 4 atom stereocenters. The van der Waals surface area contributed by atoms with Crippen molar-refractivity contribution in [1.29, 1.82) is 0 Å². The lowest BCUT2D eigenvalue weighted by molar-refractivity contribution is -0.119. The first-order valence-electron chi connectivity index (χ1n) is 21.4. The van der Waals surface area contributed by atoms with Crippen LogP contribution in [0.25, 0.3) is 33.4 Å².